The standard InChI is InChI=1S/C18H17BrO4/c1-2-22-17(20)14-7-9-15(10-8-14)18(21)23-12-11-13-5-3-4-6-16(13)19/h3-10H,2,11-12H2,1H3. The van der Waals surface area contributed by atoms with E-state index in [1.54, 1.807) is 31.2 Å². The van der Waals surface area contributed by atoms with E-state index in [0.717, 1.165) is 10.0 Å². The number of rotatable bonds is 6. The summed E-state index contributed by atoms with van der Waals surface area (Å²) in [5.41, 5.74) is 1.90. The smallest absolute Gasteiger partial charge is 0.338 e. The largest absolute Gasteiger partial charge is 0.462 e. The molecule has 0 saturated carbocycles. The van der Waals surface area contributed by atoms with Crippen LogP contribution in [0.15, 0.2) is 53.0 Å². The molecular weight excluding hydrogens is 360 g/mol. The van der Waals surface area contributed by atoms with Crippen LogP contribution in [0.25, 0.3) is 0 Å². The molecule has 0 aliphatic rings. The highest BCUT2D eigenvalue weighted by Gasteiger charge is 2.10. The summed E-state index contributed by atoms with van der Waals surface area (Å²) < 4.78 is 11.1. The Kier molecular flexibility index (Phi) is 6.35. The fourth-order valence-electron chi connectivity index (χ4n) is 1.99. The van der Waals surface area contributed by atoms with Crippen molar-refractivity contribution in [1.82, 2.24) is 0 Å². The minimum Gasteiger partial charge on any atom is -0.462 e. The first-order valence-electron chi connectivity index (χ1n) is 7.29. The van der Waals surface area contributed by atoms with Crippen molar-refractivity contribution in [3.63, 3.8) is 0 Å². The van der Waals surface area contributed by atoms with Crippen LogP contribution in [0.3, 0.4) is 0 Å². The third kappa shape index (κ3) is 4.93. The number of carbonyl (C=O) groups is 2. The quantitative estimate of drug-likeness (QED) is 0.714. The molecule has 4 nitrogen and oxygen atoms in total. The van der Waals surface area contributed by atoms with Gasteiger partial charge < -0.3 is 9.47 Å². The number of hydrogen-bond donors (Lipinski definition) is 0. The van der Waals surface area contributed by atoms with Crippen LogP contribution in [0, 0.1) is 0 Å². The van der Waals surface area contributed by atoms with Crippen LogP contribution in [0.4, 0.5) is 0 Å². The van der Waals surface area contributed by atoms with Gasteiger partial charge in [0, 0.05) is 10.9 Å². The summed E-state index contributed by atoms with van der Waals surface area (Å²) >= 11 is 3.46. The van der Waals surface area contributed by atoms with Crippen molar-refractivity contribution < 1.29 is 19.1 Å². The summed E-state index contributed by atoms with van der Waals surface area (Å²) in [4.78, 5) is 23.5. The van der Waals surface area contributed by atoms with Crippen molar-refractivity contribution in [2.45, 2.75) is 13.3 Å². The molecular formula is C18H17BrO4. The zero-order valence-corrected chi connectivity index (χ0v) is 14.3. The molecule has 0 spiro atoms. The van der Waals surface area contributed by atoms with E-state index >= 15 is 0 Å². The second kappa shape index (κ2) is 8.48. The van der Waals surface area contributed by atoms with Crippen LogP contribution in [-0.2, 0) is 15.9 Å². The lowest BCUT2D eigenvalue weighted by Gasteiger charge is -2.07. The van der Waals surface area contributed by atoms with Gasteiger partial charge in [-0.05, 0) is 42.8 Å². The van der Waals surface area contributed by atoms with Gasteiger partial charge in [0.1, 0.15) is 0 Å². The van der Waals surface area contributed by atoms with Gasteiger partial charge in [0.25, 0.3) is 0 Å². The maximum atomic E-state index is 12.0. The van der Waals surface area contributed by atoms with E-state index in [0.29, 0.717) is 30.8 Å². The first kappa shape index (κ1) is 17.2. The van der Waals surface area contributed by atoms with E-state index in [2.05, 4.69) is 15.9 Å². The molecule has 0 radical (unpaired) electrons. The molecule has 0 unspecified atom stereocenters. The van der Waals surface area contributed by atoms with E-state index in [9.17, 15) is 9.59 Å². The lowest BCUT2D eigenvalue weighted by atomic mass is 10.1. The van der Waals surface area contributed by atoms with Gasteiger partial charge in [0.15, 0.2) is 0 Å². The summed E-state index contributed by atoms with van der Waals surface area (Å²) in [7, 11) is 0. The van der Waals surface area contributed by atoms with Gasteiger partial charge in [-0.1, -0.05) is 34.1 Å². The average molecular weight is 377 g/mol. The Bertz CT molecular complexity index is 680. The lowest BCUT2D eigenvalue weighted by Crippen LogP contribution is -2.09. The summed E-state index contributed by atoms with van der Waals surface area (Å²) in [6.45, 7) is 2.35. The number of ether oxygens (including phenoxy) is 2. The molecule has 0 N–H and O–H groups in total. The van der Waals surface area contributed by atoms with Crippen LogP contribution >= 0.6 is 15.9 Å². The SMILES string of the molecule is CCOC(=O)c1ccc(C(=O)OCCc2ccccc2Br)cc1. The Morgan fingerprint density at radius 1 is 0.913 bits per heavy atom. The molecule has 0 fully saturated rings. The third-order valence-corrected chi connectivity index (χ3v) is 3.97. The van der Waals surface area contributed by atoms with Gasteiger partial charge in [-0.2, -0.15) is 0 Å². The monoisotopic (exact) mass is 376 g/mol. The number of carbonyl (C=O) groups excluding carboxylic acids is 2. The second-order valence-corrected chi connectivity index (χ2v) is 5.63. The molecule has 2 aromatic rings. The Morgan fingerprint density at radius 2 is 1.48 bits per heavy atom. The fourth-order valence-corrected chi connectivity index (χ4v) is 2.48. The summed E-state index contributed by atoms with van der Waals surface area (Å²) in [5, 5.41) is 0. The molecule has 0 atom stereocenters. The van der Waals surface area contributed by atoms with Crippen molar-refractivity contribution in [2.24, 2.45) is 0 Å². The van der Waals surface area contributed by atoms with Crippen molar-refractivity contribution in [2.75, 3.05) is 13.2 Å². The molecule has 2 aromatic carbocycles. The molecule has 23 heavy (non-hydrogen) atoms. The molecule has 0 heterocycles. The van der Waals surface area contributed by atoms with Crippen LogP contribution in [-0.4, -0.2) is 25.2 Å². The van der Waals surface area contributed by atoms with E-state index in [1.807, 2.05) is 24.3 Å². The number of hydrogen-bond acceptors (Lipinski definition) is 4. The molecule has 5 heteroatoms. The minimum atomic E-state index is -0.410. The average Bonchev–Trinajstić information content (AvgIpc) is 2.57. The van der Waals surface area contributed by atoms with Gasteiger partial charge in [-0.3, -0.25) is 0 Å². The van der Waals surface area contributed by atoms with Crippen molar-refractivity contribution in [3.05, 3.63) is 69.7 Å². The molecule has 0 aromatic heterocycles. The zero-order chi connectivity index (χ0) is 16.7. The van der Waals surface area contributed by atoms with Gasteiger partial charge in [0.05, 0.1) is 24.3 Å². The minimum absolute atomic E-state index is 0.293. The van der Waals surface area contributed by atoms with E-state index < -0.39 is 11.9 Å². The van der Waals surface area contributed by atoms with Crippen LogP contribution in [0.5, 0.6) is 0 Å². The summed E-state index contributed by atoms with van der Waals surface area (Å²) in [5.74, 6) is -0.811. The highest BCUT2D eigenvalue weighted by atomic mass is 79.9. The number of halogens is 1. The molecule has 2 rings (SSSR count). The maximum absolute atomic E-state index is 12.0. The van der Waals surface area contributed by atoms with Gasteiger partial charge in [0.2, 0.25) is 0 Å². The molecule has 0 aliphatic carbocycles. The van der Waals surface area contributed by atoms with Crippen molar-refractivity contribution in [1.29, 1.82) is 0 Å². The normalized spacial score (nSPS) is 10.2. The first-order valence-corrected chi connectivity index (χ1v) is 8.09. The molecule has 0 amide bonds. The van der Waals surface area contributed by atoms with Crippen LogP contribution < -0.4 is 0 Å². The molecule has 120 valence electrons. The molecule has 0 aliphatic heterocycles. The topological polar surface area (TPSA) is 52.6 Å². The second-order valence-electron chi connectivity index (χ2n) is 4.78. The molecule has 0 bridgehead atoms. The van der Waals surface area contributed by atoms with Crippen LogP contribution in [0.2, 0.25) is 0 Å². The Balaban J connectivity index is 1.88. The highest BCUT2D eigenvalue weighted by Crippen LogP contribution is 2.16. The third-order valence-electron chi connectivity index (χ3n) is 3.19. The maximum Gasteiger partial charge on any atom is 0.338 e. The van der Waals surface area contributed by atoms with E-state index in [4.69, 9.17) is 9.47 Å². The lowest BCUT2D eigenvalue weighted by molar-refractivity contribution is 0.0500. The Hall–Kier alpha value is -2.14. The first-order chi connectivity index (χ1) is 11.1. The van der Waals surface area contributed by atoms with Crippen LogP contribution in [0.1, 0.15) is 33.2 Å². The Labute approximate surface area is 143 Å². The van der Waals surface area contributed by atoms with Gasteiger partial charge in [-0.15, -0.1) is 0 Å². The van der Waals surface area contributed by atoms with Gasteiger partial charge in [-0.25, -0.2) is 9.59 Å². The highest BCUT2D eigenvalue weighted by molar-refractivity contribution is 9.10. The molecule has 0 saturated heterocycles. The van der Waals surface area contributed by atoms with Crippen molar-refractivity contribution in [3.8, 4) is 0 Å². The van der Waals surface area contributed by atoms with E-state index in [1.165, 1.54) is 0 Å². The summed E-state index contributed by atoms with van der Waals surface area (Å²) in [6, 6.07) is 14.0. The summed E-state index contributed by atoms with van der Waals surface area (Å²) in [6.07, 6.45) is 0.633. The van der Waals surface area contributed by atoms with Crippen molar-refractivity contribution >= 4 is 27.9 Å². The number of esters is 2. The number of benzene rings is 2. The van der Waals surface area contributed by atoms with Gasteiger partial charge >= 0.3 is 11.9 Å². The zero-order valence-electron chi connectivity index (χ0n) is 12.8. The van der Waals surface area contributed by atoms with E-state index in [-0.39, 0.29) is 0 Å². The fraction of sp³-hybridized carbons (Fsp3) is 0.222. The predicted octanol–water partition coefficient (Wildman–Crippen LogP) is 4.03. The Morgan fingerprint density at radius 3 is 2.04 bits per heavy atom. The predicted molar refractivity (Wildman–Crippen MR) is 90.5 cm³/mol.